The zero-order chi connectivity index (χ0) is 15.9. The number of benzene rings is 1. The number of hydrogen-bond acceptors (Lipinski definition) is 5. The van der Waals surface area contributed by atoms with Crippen molar-refractivity contribution in [2.24, 2.45) is 5.92 Å². The lowest BCUT2D eigenvalue weighted by Gasteiger charge is -2.59. The highest BCUT2D eigenvalue weighted by Crippen LogP contribution is 2.63. The van der Waals surface area contributed by atoms with E-state index in [2.05, 4.69) is 11.9 Å². The number of nitrogens with zero attached hydrogens (tertiary/aromatic N) is 1. The molecule has 1 spiro atoms. The molecule has 2 aliphatic heterocycles. The standard InChI is InChI=1S/C18H23NO4/c1-19-6-5-18-10-8-13(22-2)15(21)17(18)23-16-12(20)4-3-9(14(16)18)7-11(10)19/h3-4,10-11,13,15,17,20-21H,5-8H2,1-2H3/t10-,11+,13+,15-,17-,18-/m0/s1. The molecule has 0 aromatic heterocycles. The molecule has 1 saturated heterocycles. The minimum Gasteiger partial charge on any atom is -0.504 e. The van der Waals surface area contributed by atoms with Crippen LogP contribution in [0.1, 0.15) is 24.0 Å². The van der Waals surface area contributed by atoms with Crippen LogP contribution in [0, 0.1) is 5.92 Å². The van der Waals surface area contributed by atoms with E-state index in [-0.39, 0.29) is 23.4 Å². The minimum atomic E-state index is -0.655. The largest absolute Gasteiger partial charge is 0.504 e. The topological polar surface area (TPSA) is 62.2 Å². The van der Waals surface area contributed by atoms with Crippen LogP contribution in [-0.2, 0) is 16.6 Å². The normalized spacial score (nSPS) is 43.9. The fourth-order valence-electron chi connectivity index (χ4n) is 5.90. The third kappa shape index (κ3) is 1.49. The molecule has 2 fully saturated rings. The summed E-state index contributed by atoms with van der Waals surface area (Å²) in [4.78, 5) is 2.45. The maximum Gasteiger partial charge on any atom is 0.165 e. The molecule has 1 aromatic carbocycles. The zero-order valence-electron chi connectivity index (χ0n) is 13.5. The zero-order valence-corrected chi connectivity index (χ0v) is 13.5. The number of rotatable bonds is 1. The molecule has 5 nitrogen and oxygen atoms in total. The SMILES string of the molecule is CO[C@@H]1C[C@H]2[C@H]3Cc4ccc(O)c5c4[C@@]2(CCN3C)[C@@H](O5)[C@H]1O. The number of aliphatic hydroxyl groups is 1. The second kappa shape index (κ2) is 4.41. The smallest absolute Gasteiger partial charge is 0.165 e. The maximum absolute atomic E-state index is 10.9. The molecule has 4 aliphatic rings. The van der Waals surface area contributed by atoms with Crippen LogP contribution in [0.4, 0.5) is 0 Å². The van der Waals surface area contributed by atoms with Gasteiger partial charge < -0.3 is 24.6 Å². The van der Waals surface area contributed by atoms with Gasteiger partial charge in [0.15, 0.2) is 11.5 Å². The highest BCUT2D eigenvalue weighted by Gasteiger charge is 2.67. The van der Waals surface area contributed by atoms with Crippen LogP contribution >= 0.6 is 0 Å². The summed E-state index contributed by atoms with van der Waals surface area (Å²) in [6, 6.07) is 4.22. The highest BCUT2D eigenvalue weighted by molar-refractivity contribution is 5.60. The molecule has 2 aliphatic carbocycles. The first-order valence-corrected chi connectivity index (χ1v) is 8.51. The lowest BCUT2D eigenvalue weighted by molar-refractivity contribution is -0.159. The lowest BCUT2D eigenvalue weighted by atomic mass is 9.51. The van der Waals surface area contributed by atoms with E-state index in [0.717, 1.165) is 25.8 Å². The molecule has 1 aromatic rings. The molecule has 0 radical (unpaired) electrons. The summed E-state index contributed by atoms with van der Waals surface area (Å²) in [6.45, 7) is 1.000. The van der Waals surface area contributed by atoms with Crippen molar-refractivity contribution in [3.8, 4) is 11.5 Å². The second-order valence-corrected chi connectivity index (χ2v) is 7.64. The Bertz CT molecular complexity index is 677. The molecule has 124 valence electrons. The fraction of sp³-hybridized carbons (Fsp3) is 0.667. The number of likely N-dealkylation sites (tertiary alicyclic amines) is 1. The van der Waals surface area contributed by atoms with Crippen LogP contribution in [0.25, 0.3) is 0 Å². The van der Waals surface area contributed by atoms with Crippen molar-refractivity contribution in [2.75, 3.05) is 20.7 Å². The van der Waals surface area contributed by atoms with Gasteiger partial charge in [-0.05, 0) is 50.4 Å². The molecule has 5 rings (SSSR count). The first-order chi connectivity index (χ1) is 11.1. The number of hydrogen-bond donors (Lipinski definition) is 2. The Morgan fingerprint density at radius 3 is 3.00 bits per heavy atom. The number of piperidine rings is 1. The first kappa shape index (κ1) is 14.1. The van der Waals surface area contributed by atoms with Crippen molar-refractivity contribution >= 4 is 0 Å². The molecule has 1 saturated carbocycles. The predicted octanol–water partition coefficient (Wildman–Crippen LogP) is 1.05. The third-order valence-corrected chi connectivity index (χ3v) is 6.92. The van der Waals surface area contributed by atoms with E-state index < -0.39 is 6.10 Å². The Labute approximate surface area is 135 Å². The molecule has 0 amide bonds. The van der Waals surface area contributed by atoms with Crippen molar-refractivity contribution in [3.05, 3.63) is 23.3 Å². The summed E-state index contributed by atoms with van der Waals surface area (Å²) in [5.74, 6) is 1.20. The molecular weight excluding hydrogens is 294 g/mol. The predicted molar refractivity (Wildman–Crippen MR) is 83.9 cm³/mol. The number of phenols is 1. The third-order valence-electron chi connectivity index (χ3n) is 6.92. The quantitative estimate of drug-likeness (QED) is 0.811. The number of aromatic hydroxyl groups is 1. The Morgan fingerprint density at radius 2 is 2.22 bits per heavy atom. The van der Waals surface area contributed by atoms with Crippen molar-refractivity contribution in [2.45, 2.75) is 49.0 Å². The van der Waals surface area contributed by atoms with Gasteiger partial charge in [-0.1, -0.05) is 6.07 Å². The molecule has 2 bridgehead atoms. The van der Waals surface area contributed by atoms with Crippen LogP contribution < -0.4 is 4.74 Å². The van der Waals surface area contributed by atoms with E-state index in [0.29, 0.717) is 17.7 Å². The summed E-state index contributed by atoms with van der Waals surface area (Å²) in [7, 11) is 3.86. The molecule has 6 atom stereocenters. The van der Waals surface area contributed by atoms with Crippen LogP contribution in [0.2, 0.25) is 0 Å². The van der Waals surface area contributed by atoms with Gasteiger partial charge in [-0.2, -0.15) is 0 Å². The van der Waals surface area contributed by atoms with Crippen molar-refractivity contribution in [1.29, 1.82) is 0 Å². The van der Waals surface area contributed by atoms with E-state index >= 15 is 0 Å². The fourth-order valence-corrected chi connectivity index (χ4v) is 5.90. The molecule has 23 heavy (non-hydrogen) atoms. The number of phenolic OH excluding ortho intramolecular Hbond substituents is 1. The average molecular weight is 317 g/mol. The van der Waals surface area contributed by atoms with E-state index in [1.165, 1.54) is 11.1 Å². The summed E-state index contributed by atoms with van der Waals surface area (Å²) in [5, 5.41) is 21.2. The van der Waals surface area contributed by atoms with Gasteiger partial charge in [0.2, 0.25) is 0 Å². The minimum absolute atomic E-state index is 0.173. The first-order valence-electron chi connectivity index (χ1n) is 8.51. The van der Waals surface area contributed by atoms with Gasteiger partial charge in [0.05, 0.1) is 6.10 Å². The van der Waals surface area contributed by atoms with Gasteiger partial charge in [-0.3, -0.25) is 0 Å². The van der Waals surface area contributed by atoms with Gasteiger partial charge >= 0.3 is 0 Å². The summed E-state index contributed by atoms with van der Waals surface area (Å²) in [5.41, 5.74) is 2.27. The number of likely N-dealkylation sites (N-methyl/N-ethyl adjacent to an activating group) is 1. The van der Waals surface area contributed by atoms with Gasteiger partial charge in [-0.15, -0.1) is 0 Å². The van der Waals surface area contributed by atoms with Crippen LogP contribution in [0.15, 0.2) is 12.1 Å². The Balaban J connectivity index is 1.77. The number of methoxy groups -OCH3 is 1. The van der Waals surface area contributed by atoms with Crippen molar-refractivity contribution in [3.63, 3.8) is 0 Å². The van der Waals surface area contributed by atoms with Gasteiger partial charge in [0, 0.05) is 24.1 Å². The van der Waals surface area contributed by atoms with Gasteiger partial charge in [-0.25, -0.2) is 0 Å². The molecule has 2 N–H and O–H groups in total. The molecule has 5 heteroatoms. The molecule has 0 unspecified atom stereocenters. The Kier molecular flexibility index (Phi) is 2.70. The van der Waals surface area contributed by atoms with Gasteiger partial charge in [0.25, 0.3) is 0 Å². The average Bonchev–Trinajstić information content (AvgIpc) is 2.90. The lowest BCUT2D eigenvalue weighted by Crippen LogP contribution is -2.69. The van der Waals surface area contributed by atoms with Crippen LogP contribution in [0.3, 0.4) is 0 Å². The summed E-state index contributed by atoms with van der Waals surface area (Å²) >= 11 is 0. The van der Waals surface area contributed by atoms with E-state index in [1.54, 1.807) is 13.2 Å². The van der Waals surface area contributed by atoms with E-state index in [1.807, 2.05) is 6.07 Å². The van der Waals surface area contributed by atoms with E-state index in [9.17, 15) is 10.2 Å². The second-order valence-electron chi connectivity index (χ2n) is 7.64. The highest BCUT2D eigenvalue weighted by atomic mass is 16.5. The number of aliphatic hydroxyl groups excluding tert-OH is 1. The maximum atomic E-state index is 10.9. The van der Waals surface area contributed by atoms with Crippen molar-refractivity contribution in [1.82, 2.24) is 4.90 Å². The Hall–Kier alpha value is -1.30. The van der Waals surface area contributed by atoms with Crippen molar-refractivity contribution < 1.29 is 19.7 Å². The Morgan fingerprint density at radius 1 is 1.39 bits per heavy atom. The number of ether oxygens (including phenoxy) is 2. The van der Waals surface area contributed by atoms with Crippen LogP contribution in [-0.4, -0.2) is 60.2 Å². The summed E-state index contributed by atoms with van der Waals surface area (Å²) in [6.07, 6.45) is 1.62. The monoisotopic (exact) mass is 317 g/mol. The molecular formula is C18H23NO4. The van der Waals surface area contributed by atoms with Crippen LogP contribution in [0.5, 0.6) is 11.5 Å². The van der Waals surface area contributed by atoms with Gasteiger partial charge in [0.1, 0.15) is 12.2 Å². The summed E-state index contributed by atoms with van der Waals surface area (Å²) < 4.78 is 11.8. The van der Waals surface area contributed by atoms with E-state index in [4.69, 9.17) is 9.47 Å². The molecule has 2 heterocycles.